The fourth-order valence-corrected chi connectivity index (χ4v) is 2.15. The average Bonchev–Trinajstić information content (AvgIpc) is 2.20. The summed E-state index contributed by atoms with van der Waals surface area (Å²) in [7, 11) is 0. The van der Waals surface area contributed by atoms with Crippen LogP contribution in [0.15, 0.2) is 27.1 Å². The third kappa shape index (κ3) is 4.70. The summed E-state index contributed by atoms with van der Waals surface area (Å²) >= 11 is 6.80. The number of hydrogen-bond donors (Lipinski definition) is 1. The van der Waals surface area contributed by atoms with E-state index in [2.05, 4.69) is 43.1 Å². The van der Waals surface area contributed by atoms with Crippen molar-refractivity contribution in [1.29, 1.82) is 0 Å². The molecule has 4 heteroatoms. The standard InChI is InChI=1S/C11H11Br2NO/c1-2-5-14-6-7-15-11-4-3-9(12)8-10(11)13/h1,3-4,8,14H,5-7H2. The van der Waals surface area contributed by atoms with Crippen LogP contribution in [0.3, 0.4) is 0 Å². The summed E-state index contributed by atoms with van der Waals surface area (Å²) in [6, 6.07) is 5.80. The average molecular weight is 333 g/mol. The minimum atomic E-state index is 0.574. The molecule has 0 aromatic heterocycles. The quantitative estimate of drug-likeness (QED) is 0.661. The summed E-state index contributed by atoms with van der Waals surface area (Å²) < 4.78 is 7.50. The molecule has 0 amide bonds. The van der Waals surface area contributed by atoms with E-state index in [0.29, 0.717) is 13.2 Å². The second kappa shape index (κ2) is 6.89. The number of ether oxygens (including phenoxy) is 1. The predicted octanol–water partition coefficient (Wildman–Crippen LogP) is 2.81. The van der Waals surface area contributed by atoms with E-state index in [-0.39, 0.29) is 0 Å². The van der Waals surface area contributed by atoms with E-state index in [1.807, 2.05) is 18.2 Å². The van der Waals surface area contributed by atoms with E-state index in [4.69, 9.17) is 11.2 Å². The zero-order valence-corrected chi connectivity index (χ0v) is 11.3. The molecule has 0 fully saturated rings. The molecule has 1 aromatic rings. The molecule has 2 nitrogen and oxygen atoms in total. The van der Waals surface area contributed by atoms with E-state index in [0.717, 1.165) is 21.2 Å². The molecule has 0 saturated carbocycles. The summed E-state index contributed by atoms with van der Waals surface area (Å²) in [4.78, 5) is 0. The molecule has 15 heavy (non-hydrogen) atoms. The van der Waals surface area contributed by atoms with E-state index in [1.54, 1.807) is 0 Å². The van der Waals surface area contributed by atoms with Gasteiger partial charge in [0.25, 0.3) is 0 Å². The maximum Gasteiger partial charge on any atom is 0.133 e. The first-order valence-electron chi connectivity index (χ1n) is 4.46. The Hall–Kier alpha value is -0.500. The predicted molar refractivity (Wildman–Crippen MR) is 69.0 cm³/mol. The zero-order chi connectivity index (χ0) is 11.1. The van der Waals surface area contributed by atoms with Gasteiger partial charge in [0, 0.05) is 11.0 Å². The van der Waals surface area contributed by atoms with Crippen molar-refractivity contribution in [3.05, 3.63) is 27.1 Å². The molecule has 0 atom stereocenters. The monoisotopic (exact) mass is 331 g/mol. The molecule has 0 aliphatic rings. The van der Waals surface area contributed by atoms with Crippen LogP contribution < -0.4 is 10.1 Å². The minimum absolute atomic E-state index is 0.574. The summed E-state index contributed by atoms with van der Waals surface area (Å²) in [6.07, 6.45) is 5.10. The maximum absolute atomic E-state index is 5.54. The van der Waals surface area contributed by atoms with Gasteiger partial charge in [0.15, 0.2) is 0 Å². The highest BCUT2D eigenvalue weighted by atomic mass is 79.9. The van der Waals surface area contributed by atoms with Gasteiger partial charge in [0.1, 0.15) is 12.4 Å². The Bertz CT molecular complexity index is 360. The highest BCUT2D eigenvalue weighted by Crippen LogP contribution is 2.27. The Labute approximate surface area is 107 Å². The first-order valence-corrected chi connectivity index (χ1v) is 6.04. The van der Waals surface area contributed by atoms with Crippen molar-refractivity contribution in [3.8, 4) is 18.1 Å². The van der Waals surface area contributed by atoms with Gasteiger partial charge < -0.3 is 10.1 Å². The van der Waals surface area contributed by atoms with Gasteiger partial charge in [-0.3, -0.25) is 0 Å². The topological polar surface area (TPSA) is 21.3 Å². The second-order valence-corrected chi connectivity index (χ2v) is 4.57. The molecular formula is C11H11Br2NO. The normalized spacial score (nSPS) is 9.67. The van der Waals surface area contributed by atoms with Gasteiger partial charge in [0.05, 0.1) is 11.0 Å². The van der Waals surface area contributed by atoms with Crippen molar-refractivity contribution < 1.29 is 4.74 Å². The molecule has 80 valence electrons. The molecule has 0 bridgehead atoms. The molecule has 0 spiro atoms. The largest absolute Gasteiger partial charge is 0.491 e. The van der Waals surface area contributed by atoms with Gasteiger partial charge >= 0.3 is 0 Å². The molecular weight excluding hydrogens is 322 g/mol. The summed E-state index contributed by atoms with van der Waals surface area (Å²) in [5, 5.41) is 3.05. The fraction of sp³-hybridized carbons (Fsp3) is 0.273. The van der Waals surface area contributed by atoms with E-state index < -0.39 is 0 Å². The molecule has 0 unspecified atom stereocenters. The van der Waals surface area contributed by atoms with Gasteiger partial charge in [-0.25, -0.2) is 0 Å². The molecule has 0 aliphatic heterocycles. The first kappa shape index (κ1) is 12.6. The van der Waals surface area contributed by atoms with Crippen LogP contribution in [-0.2, 0) is 0 Å². The SMILES string of the molecule is C#CCNCCOc1ccc(Br)cc1Br. The smallest absolute Gasteiger partial charge is 0.133 e. The number of benzene rings is 1. The summed E-state index contributed by atoms with van der Waals surface area (Å²) in [6.45, 7) is 1.92. The minimum Gasteiger partial charge on any atom is -0.491 e. The van der Waals surface area contributed by atoms with Crippen LogP contribution in [0.25, 0.3) is 0 Å². The Morgan fingerprint density at radius 2 is 2.20 bits per heavy atom. The van der Waals surface area contributed by atoms with Gasteiger partial charge in [0.2, 0.25) is 0 Å². The number of rotatable bonds is 5. The summed E-state index contributed by atoms with van der Waals surface area (Å²) in [5.41, 5.74) is 0. The Balaban J connectivity index is 2.35. The number of terminal acetylenes is 1. The maximum atomic E-state index is 5.54. The molecule has 0 saturated heterocycles. The van der Waals surface area contributed by atoms with Gasteiger partial charge in [-0.05, 0) is 34.1 Å². The molecule has 0 heterocycles. The molecule has 0 radical (unpaired) electrons. The fourth-order valence-electron chi connectivity index (χ4n) is 0.986. The van der Waals surface area contributed by atoms with Crippen LogP contribution in [0, 0.1) is 12.3 Å². The van der Waals surface area contributed by atoms with Gasteiger partial charge in [-0.15, -0.1) is 6.42 Å². The van der Waals surface area contributed by atoms with Gasteiger partial charge in [-0.2, -0.15) is 0 Å². The first-order chi connectivity index (χ1) is 7.24. The number of nitrogens with one attached hydrogen (secondary N) is 1. The Morgan fingerprint density at radius 3 is 2.87 bits per heavy atom. The molecule has 1 N–H and O–H groups in total. The van der Waals surface area contributed by atoms with Crippen LogP contribution in [-0.4, -0.2) is 19.7 Å². The zero-order valence-electron chi connectivity index (χ0n) is 8.09. The third-order valence-corrected chi connectivity index (χ3v) is 2.77. The van der Waals surface area contributed by atoms with Crippen molar-refractivity contribution in [2.45, 2.75) is 0 Å². The number of hydrogen-bond acceptors (Lipinski definition) is 2. The van der Waals surface area contributed by atoms with Crippen LogP contribution in [0.4, 0.5) is 0 Å². The highest BCUT2D eigenvalue weighted by Gasteiger charge is 2.00. The molecule has 1 rings (SSSR count). The van der Waals surface area contributed by atoms with E-state index in [9.17, 15) is 0 Å². The van der Waals surface area contributed by atoms with Crippen LogP contribution in [0.1, 0.15) is 0 Å². The van der Waals surface area contributed by atoms with Crippen molar-refractivity contribution in [2.75, 3.05) is 19.7 Å². The van der Waals surface area contributed by atoms with Crippen molar-refractivity contribution in [3.63, 3.8) is 0 Å². The van der Waals surface area contributed by atoms with Crippen LogP contribution in [0.5, 0.6) is 5.75 Å². The Kier molecular flexibility index (Phi) is 5.77. The highest BCUT2D eigenvalue weighted by molar-refractivity contribution is 9.11. The third-order valence-electron chi connectivity index (χ3n) is 1.66. The molecule has 0 aliphatic carbocycles. The van der Waals surface area contributed by atoms with Crippen LogP contribution in [0.2, 0.25) is 0 Å². The van der Waals surface area contributed by atoms with Crippen molar-refractivity contribution >= 4 is 31.9 Å². The number of halogens is 2. The lowest BCUT2D eigenvalue weighted by Crippen LogP contribution is -2.21. The van der Waals surface area contributed by atoms with Crippen molar-refractivity contribution in [2.24, 2.45) is 0 Å². The van der Waals surface area contributed by atoms with Gasteiger partial charge in [-0.1, -0.05) is 21.9 Å². The van der Waals surface area contributed by atoms with E-state index >= 15 is 0 Å². The molecule has 1 aromatic carbocycles. The lowest BCUT2D eigenvalue weighted by Gasteiger charge is -2.08. The van der Waals surface area contributed by atoms with Crippen LogP contribution >= 0.6 is 31.9 Å². The summed E-state index contributed by atoms with van der Waals surface area (Å²) in [5.74, 6) is 3.34. The Morgan fingerprint density at radius 1 is 1.40 bits per heavy atom. The lowest BCUT2D eigenvalue weighted by atomic mass is 10.3. The van der Waals surface area contributed by atoms with Crippen molar-refractivity contribution in [1.82, 2.24) is 5.32 Å². The lowest BCUT2D eigenvalue weighted by molar-refractivity contribution is 0.315. The second-order valence-electron chi connectivity index (χ2n) is 2.80. The van der Waals surface area contributed by atoms with E-state index in [1.165, 1.54) is 0 Å².